The normalized spacial score (nSPS) is 43.5. The molecule has 0 radical (unpaired) electrons. The lowest BCUT2D eigenvalue weighted by atomic mass is 10.1. The first-order valence-corrected chi connectivity index (χ1v) is 4.82. The summed E-state index contributed by atoms with van der Waals surface area (Å²) in [5.74, 6) is 5.24. The third-order valence-corrected chi connectivity index (χ3v) is 2.82. The Hall–Kier alpha value is -0.240. The Morgan fingerprint density at radius 1 is 1.57 bits per heavy atom. The Bertz CT molecular complexity index is 210. The lowest BCUT2D eigenvalue weighted by Gasteiger charge is -2.27. The molecule has 1 aliphatic heterocycles. The highest BCUT2D eigenvalue weighted by molar-refractivity contribution is 4.97. The first-order valence-electron chi connectivity index (χ1n) is 4.82. The van der Waals surface area contributed by atoms with Crippen molar-refractivity contribution >= 4 is 0 Å². The Kier molecular flexibility index (Phi) is 2.74. The van der Waals surface area contributed by atoms with Gasteiger partial charge in [0.25, 0.3) is 0 Å². The number of ether oxygens (including phenoxy) is 1. The lowest BCUT2D eigenvalue weighted by Crippen LogP contribution is -2.41. The van der Waals surface area contributed by atoms with Crippen molar-refractivity contribution < 1.29 is 14.7 Å². The van der Waals surface area contributed by atoms with Crippen LogP contribution in [0.2, 0.25) is 0 Å². The number of nitrogens with two attached hydrogens (primary N) is 1. The minimum absolute atomic E-state index is 0.122. The standard InChI is InChI=1S/C8H15N2O4/c1-4-7(14-10(9)12)6(11)8(13-4)5-2-3-5/h4-8,11H,2-3,9H2,1H3/q-1. The van der Waals surface area contributed by atoms with Crippen LogP contribution in [0, 0.1) is 11.1 Å². The van der Waals surface area contributed by atoms with Crippen LogP contribution in [-0.2, 0) is 9.57 Å². The number of nitrogens with zero attached hydrogens (tertiary/aromatic N) is 1. The highest BCUT2D eigenvalue weighted by Crippen LogP contribution is 2.41. The van der Waals surface area contributed by atoms with Crippen molar-refractivity contribution in [1.29, 1.82) is 0 Å². The average Bonchev–Trinajstić information content (AvgIpc) is 2.88. The van der Waals surface area contributed by atoms with Gasteiger partial charge in [-0.3, -0.25) is 10.7 Å². The molecule has 0 amide bonds. The quantitative estimate of drug-likeness (QED) is 0.475. The van der Waals surface area contributed by atoms with Gasteiger partial charge in [-0.2, -0.15) is 5.34 Å². The number of hydrazine groups is 1. The van der Waals surface area contributed by atoms with Gasteiger partial charge in [-0.25, -0.2) is 0 Å². The predicted molar refractivity (Wildman–Crippen MR) is 47.3 cm³/mol. The van der Waals surface area contributed by atoms with Gasteiger partial charge < -0.3 is 15.1 Å². The molecule has 2 rings (SSSR count). The molecule has 82 valence electrons. The molecule has 0 aromatic carbocycles. The average molecular weight is 203 g/mol. The first-order chi connectivity index (χ1) is 6.59. The molecule has 6 heteroatoms. The zero-order chi connectivity index (χ0) is 10.3. The van der Waals surface area contributed by atoms with Crippen LogP contribution in [0.1, 0.15) is 19.8 Å². The molecule has 2 aliphatic rings. The van der Waals surface area contributed by atoms with Crippen molar-refractivity contribution in [3.05, 3.63) is 5.21 Å². The summed E-state index contributed by atoms with van der Waals surface area (Å²) in [6.45, 7) is 1.76. The van der Waals surface area contributed by atoms with Gasteiger partial charge in [0.1, 0.15) is 12.2 Å². The van der Waals surface area contributed by atoms with Gasteiger partial charge in [-0.15, -0.1) is 0 Å². The van der Waals surface area contributed by atoms with Crippen LogP contribution >= 0.6 is 0 Å². The Morgan fingerprint density at radius 2 is 2.21 bits per heavy atom. The zero-order valence-electron chi connectivity index (χ0n) is 8.00. The van der Waals surface area contributed by atoms with E-state index in [9.17, 15) is 10.3 Å². The van der Waals surface area contributed by atoms with E-state index in [4.69, 9.17) is 15.4 Å². The van der Waals surface area contributed by atoms with E-state index in [-0.39, 0.29) is 17.5 Å². The van der Waals surface area contributed by atoms with E-state index in [1.807, 2.05) is 0 Å². The summed E-state index contributed by atoms with van der Waals surface area (Å²) >= 11 is 0. The second-order valence-corrected chi connectivity index (χ2v) is 3.99. The number of hydrogen-bond donors (Lipinski definition) is 2. The van der Waals surface area contributed by atoms with Crippen LogP contribution in [0.3, 0.4) is 0 Å². The topological polar surface area (TPSA) is 91.0 Å². The van der Waals surface area contributed by atoms with Crippen LogP contribution in [0.5, 0.6) is 0 Å². The number of hydrogen-bond acceptors (Lipinski definition) is 6. The number of aliphatic hydroxyl groups excluding tert-OH is 1. The van der Waals surface area contributed by atoms with Crippen LogP contribution in [0.15, 0.2) is 0 Å². The minimum atomic E-state index is -0.752. The van der Waals surface area contributed by atoms with E-state index >= 15 is 0 Å². The molecule has 0 aromatic heterocycles. The molecule has 1 saturated carbocycles. The minimum Gasteiger partial charge on any atom is -0.748 e. The van der Waals surface area contributed by atoms with E-state index in [1.165, 1.54) is 0 Å². The van der Waals surface area contributed by atoms with Gasteiger partial charge in [-0.1, -0.05) is 0 Å². The maximum absolute atomic E-state index is 10.5. The van der Waals surface area contributed by atoms with Crippen molar-refractivity contribution in [3.63, 3.8) is 0 Å². The molecule has 4 unspecified atom stereocenters. The fourth-order valence-corrected chi connectivity index (χ4v) is 1.95. The summed E-state index contributed by atoms with van der Waals surface area (Å²) in [4.78, 5) is 4.72. The first kappa shape index (κ1) is 10.3. The smallest absolute Gasteiger partial charge is 0.134 e. The van der Waals surface area contributed by atoms with E-state index in [0.29, 0.717) is 5.92 Å². The number of aliphatic hydroxyl groups is 1. The molecule has 2 fully saturated rings. The number of rotatable bonds is 3. The van der Waals surface area contributed by atoms with E-state index in [1.54, 1.807) is 6.92 Å². The SMILES string of the molecule is CC1OC(C2CC2)C(O)C1ON(N)[O-]. The fraction of sp³-hybridized carbons (Fsp3) is 1.00. The van der Waals surface area contributed by atoms with Gasteiger partial charge in [0.2, 0.25) is 0 Å². The third-order valence-electron chi connectivity index (χ3n) is 2.82. The summed E-state index contributed by atoms with van der Waals surface area (Å²) in [6, 6.07) is 0. The summed E-state index contributed by atoms with van der Waals surface area (Å²) < 4.78 is 5.51. The molecule has 1 aliphatic carbocycles. The van der Waals surface area contributed by atoms with Gasteiger partial charge in [0.05, 0.1) is 12.2 Å². The van der Waals surface area contributed by atoms with Gasteiger partial charge in [-0.05, 0) is 25.7 Å². The molecule has 0 aromatic rings. The molecule has 1 heterocycles. The van der Waals surface area contributed by atoms with Crippen molar-refractivity contribution in [3.8, 4) is 0 Å². The van der Waals surface area contributed by atoms with E-state index in [0.717, 1.165) is 12.8 Å². The maximum Gasteiger partial charge on any atom is 0.134 e. The van der Waals surface area contributed by atoms with Crippen molar-refractivity contribution in [1.82, 2.24) is 5.34 Å². The van der Waals surface area contributed by atoms with Gasteiger partial charge in [0.15, 0.2) is 0 Å². The Balaban J connectivity index is 1.96. The second kappa shape index (κ2) is 3.73. The van der Waals surface area contributed by atoms with Gasteiger partial charge in [0, 0.05) is 0 Å². The summed E-state index contributed by atoms with van der Waals surface area (Å²) in [7, 11) is 0. The van der Waals surface area contributed by atoms with E-state index in [2.05, 4.69) is 0 Å². The predicted octanol–water partition coefficient (Wildman–Crippen LogP) is -0.482. The van der Waals surface area contributed by atoms with Gasteiger partial charge >= 0.3 is 0 Å². The summed E-state index contributed by atoms with van der Waals surface area (Å²) in [5, 5.41) is 20.2. The monoisotopic (exact) mass is 203 g/mol. The van der Waals surface area contributed by atoms with Crippen LogP contribution in [-0.4, -0.2) is 34.9 Å². The highest BCUT2D eigenvalue weighted by Gasteiger charge is 2.49. The van der Waals surface area contributed by atoms with Crippen LogP contribution < -0.4 is 5.84 Å². The molecular formula is C8H15N2O4-. The Labute approximate surface area is 82.1 Å². The van der Waals surface area contributed by atoms with Crippen LogP contribution in [0.4, 0.5) is 0 Å². The third kappa shape index (κ3) is 1.90. The largest absolute Gasteiger partial charge is 0.748 e. The molecule has 14 heavy (non-hydrogen) atoms. The van der Waals surface area contributed by atoms with Crippen molar-refractivity contribution in [2.24, 2.45) is 11.8 Å². The van der Waals surface area contributed by atoms with Crippen molar-refractivity contribution in [2.75, 3.05) is 0 Å². The molecule has 0 bridgehead atoms. The molecule has 0 spiro atoms. The molecular weight excluding hydrogens is 188 g/mol. The van der Waals surface area contributed by atoms with Crippen molar-refractivity contribution in [2.45, 2.75) is 44.2 Å². The maximum atomic E-state index is 10.5. The Morgan fingerprint density at radius 3 is 2.71 bits per heavy atom. The summed E-state index contributed by atoms with van der Waals surface area (Å²) in [5.41, 5.74) is 0. The summed E-state index contributed by atoms with van der Waals surface area (Å²) in [6.07, 6.45) is 0.251. The highest BCUT2D eigenvalue weighted by atomic mass is 16.9. The second-order valence-electron chi connectivity index (χ2n) is 3.99. The molecule has 4 atom stereocenters. The molecule has 6 nitrogen and oxygen atoms in total. The lowest BCUT2D eigenvalue weighted by molar-refractivity contribution is -0.197. The molecule has 1 saturated heterocycles. The fourth-order valence-electron chi connectivity index (χ4n) is 1.95. The van der Waals surface area contributed by atoms with Crippen LogP contribution in [0.25, 0.3) is 0 Å². The zero-order valence-corrected chi connectivity index (χ0v) is 8.00. The molecule has 3 N–H and O–H groups in total. The van der Waals surface area contributed by atoms with E-state index < -0.39 is 12.2 Å².